The molecule has 0 aliphatic rings. The lowest BCUT2D eigenvalue weighted by Gasteiger charge is -2.28. The molecule has 0 aromatic heterocycles. The van der Waals surface area contributed by atoms with Gasteiger partial charge in [0.25, 0.3) is 0 Å². The third-order valence-electron chi connectivity index (χ3n) is 2.96. The van der Waals surface area contributed by atoms with Gasteiger partial charge < -0.3 is 15.3 Å². The standard InChI is InChI=1S/C15H24N2O2/c1-6-17(10-15(4,5)19)14(18)16-13-11(2)8-7-9-12(13)3/h7-9,19H,6,10H2,1-5H3,(H,16,18). The molecule has 19 heavy (non-hydrogen) atoms. The van der Waals surface area contributed by atoms with E-state index in [0.29, 0.717) is 13.1 Å². The maximum Gasteiger partial charge on any atom is 0.321 e. The van der Waals surface area contributed by atoms with Gasteiger partial charge in [-0.2, -0.15) is 0 Å². The Bertz CT molecular complexity index is 430. The first-order valence-corrected chi connectivity index (χ1v) is 6.59. The monoisotopic (exact) mass is 264 g/mol. The topological polar surface area (TPSA) is 52.6 Å². The molecular formula is C15H24N2O2. The molecule has 0 spiro atoms. The number of para-hydroxylation sites is 1. The summed E-state index contributed by atoms with van der Waals surface area (Å²) in [6.07, 6.45) is 0. The van der Waals surface area contributed by atoms with Crippen LogP contribution in [0.15, 0.2) is 18.2 Å². The molecule has 0 radical (unpaired) electrons. The summed E-state index contributed by atoms with van der Waals surface area (Å²) in [5, 5.41) is 12.7. The lowest BCUT2D eigenvalue weighted by atomic mass is 10.1. The first-order chi connectivity index (χ1) is 8.74. The Kier molecular flexibility index (Phi) is 4.95. The summed E-state index contributed by atoms with van der Waals surface area (Å²) in [5.41, 5.74) is 2.02. The summed E-state index contributed by atoms with van der Waals surface area (Å²) >= 11 is 0. The van der Waals surface area contributed by atoms with Crippen LogP contribution in [0, 0.1) is 13.8 Å². The number of benzene rings is 1. The third-order valence-corrected chi connectivity index (χ3v) is 2.96. The molecule has 0 unspecified atom stereocenters. The van der Waals surface area contributed by atoms with E-state index in [1.54, 1.807) is 18.7 Å². The number of hydrogen-bond acceptors (Lipinski definition) is 2. The summed E-state index contributed by atoms with van der Waals surface area (Å²) in [7, 11) is 0. The van der Waals surface area contributed by atoms with Crippen LogP contribution < -0.4 is 5.32 Å². The summed E-state index contributed by atoms with van der Waals surface area (Å²) in [4.78, 5) is 13.8. The summed E-state index contributed by atoms with van der Waals surface area (Å²) in [6.45, 7) is 10.1. The predicted octanol–water partition coefficient (Wildman–Crippen LogP) is 2.93. The van der Waals surface area contributed by atoms with Gasteiger partial charge in [-0.25, -0.2) is 4.79 Å². The molecule has 0 bridgehead atoms. The van der Waals surface area contributed by atoms with E-state index >= 15 is 0 Å². The highest BCUT2D eigenvalue weighted by Gasteiger charge is 2.21. The molecule has 0 aliphatic heterocycles. The number of carbonyl (C=O) groups is 1. The van der Waals surface area contributed by atoms with Gasteiger partial charge in [-0.15, -0.1) is 0 Å². The van der Waals surface area contributed by atoms with Gasteiger partial charge in [0.05, 0.1) is 12.1 Å². The van der Waals surface area contributed by atoms with Crippen LogP contribution >= 0.6 is 0 Å². The van der Waals surface area contributed by atoms with Gasteiger partial charge in [0.2, 0.25) is 0 Å². The predicted molar refractivity (Wildman–Crippen MR) is 78.5 cm³/mol. The Morgan fingerprint density at radius 2 is 1.84 bits per heavy atom. The molecule has 1 rings (SSSR count). The highest BCUT2D eigenvalue weighted by Crippen LogP contribution is 2.20. The van der Waals surface area contributed by atoms with Crippen LogP contribution in [0.1, 0.15) is 31.9 Å². The van der Waals surface area contributed by atoms with E-state index in [1.165, 1.54) is 0 Å². The van der Waals surface area contributed by atoms with Crippen molar-refractivity contribution < 1.29 is 9.90 Å². The number of hydrogen-bond donors (Lipinski definition) is 2. The fourth-order valence-electron chi connectivity index (χ4n) is 1.99. The second-order valence-electron chi connectivity index (χ2n) is 5.52. The van der Waals surface area contributed by atoms with Gasteiger partial charge in [-0.3, -0.25) is 0 Å². The Balaban J connectivity index is 2.83. The van der Waals surface area contributed by atoms with Crippen LogP contribution in [0.5, 0.6) is 0 Å². The molecule has 2 N–H and O–H groups in total. The van der Waals surface area contributed by atoms with Crippen molar-refractivity contribution in [3.63, 3.8) is 0 Å². The molecule has 0 atom stereocenters. The Labute approximate surface area is 115 Å². The van der Waals surface area contributed by atoms with Gasteiger partial charge in [-0.05, 0) is 45.7 Å². The lowest BCUT2D eigenvalue weighted by molar-refractivity contribution is 0.0501. The molecule has 0 heterocycles. The molecule has 0 aliphatic carbocycles. The van der Waals surface area contributed by atoms with Crippen LogP contribution in [0.3, 0.4) is 0 Å². The number of rotatable bonds is 4. The van der Waals surface area contributed by atoms with E-state index in [-0.39, 0.29) is 6.03 Å². The van der Waals surface area contributed by atoms with Gasteiger partial charge in [-0.1, -0.05) is 18.2 Å². The average Bonchev–Trinajstić information content (AvgIpc) is 2.29. The van der Waals surface area contributed by atoms with E-state index in [2.05, 4.69) is 5.32 Å². The highest BCUT2D eigenvalue weighted by atomic mass is 16.3. The van der Waals surface area contributed by atoms with E-state index in [0.717, 1.165) is 16.8 Å². The summed E-state index contributed by atoms with van der Waals surface area (Å²) in [5.74, 6) is 0. The number of anilines is 1. The van der Waals surface area contributed by atoms with Gasteiger partial charge in [0.15, 0.2) is 0 Å². The van der Waals surface area contributed by atoms with E-state index in [1.807, 2.05) is 39.0 Å². The molecule has 1 aromatic carbocycles. The average molecular weight is 264 g/mol. The quantitative estimate of drug-likeness (QED) is 0.878. The van der Waals surface area contributed by atoms with Gasteiger partial charge in [0.1, 0.15) is 0 Å². The van der Waals surface area contributed by atoms with Crippen molar-refractivity contribution in [3.05, 3.63) is 29.3 Å². The van der Waals surface area contributed by atoms with Crippen LogP contribution in [-0.2, 0) is 0 Å². The fraction of sp³-hybridized carbons (Fsp3) is 0.533. The van der Waals surface area contributed by atoms with Crippen molar-refractivity contribution in [3.8, 4) is 0 Å². The normalized spacial score (nSPS) is 11.3. The van der Waals surface area contributed by atoms with E-state index in [9.17, 15) is 9.90 Å². The molecule has 106 valence electrons. The molecule has 2 amide bonds. The molecule has 4 nitrogen and oxygen atoms in total. The molecule has 1 aromatic rings. The maximum atomic E-state index is 12.2. The molecule has 0 saturated carbocycles. The Morgan fingerprint density at radius 1 is 1.32 bits per heavy atom. The number of aryl methyl sites for hydroxylation is 2. The minimum atomic E-state index is -0.895. The number of nitrogens with one attached hydrogen (secondary N) is 1. The van der Waals surface area contributed by atoms with Crippen LogP contribution in [0.25, 0.3) is 0 Å². The van der Waals surface area contributed by atoms with Gasteiger partial charge in [0, 0.05) is 12.2 Å². The minimum absolute atomic E-state index is 0.179. The third kappa shape index (κ3) is 4.56. The van der Waals surface area contributed by atoms with Crippen LogP contribution in [0.4, 0.5) is 10.5 Å². The molecular weight excluding hydrogens is 240 g/mol. The van der Waals surface area contributed by atoms with Gasteiger partial charge >= 0.3 is 6.03 Å². The number of amides is 2. The summed E-state index contributed by atoms with van der Waals surface area (Å²) < 4.78 is 0. The van der Waals surface area contributed by atoms with Crippen LogP contribution in [0.2, 0.25) is 0 Å². The Morgan fingerprint density at radius 3 is 2.26 bits per heavy atom. The van der Waals surface area contributed by atoms with Crippen LogP contribution in [-0.4, -0.2) is 34.7 Å². The second-order valence-corrected chi connectivity index (χ2v) is 5.52. The number of carbonyl (C=O) groups excluding carboxylic acids is 1. The van der Waals surface area contributed by atoms with Crippen molar-refractivity contribution >= 4 is 11.7 Å². The fourth-order valence-corrected chi connectivity index (χ4v) is 1.99. The van der Waals surface area contributed by atoms with Crippen molar-refractivity contribution in [1.29, 1.82) is 0 Å². The number of nitrogens with zero attached hydrogens (tertiary/aromatic N) is 1. The lowest BCUT2D eigenvalue weighted by Crippen LogP contribution is -2.44. The van der Waals surface area contributed by atoms with Crippen molar-refractivity contribution in [2.75, 3.05) is 18.4 Å². The van der Waals surface area contributed by atoms with Crippen molar-refractivity contribution in [2.24, 2.45) is 0 Å². The smallest absolute Gasteiger partial charge is 0.321 e. The second kappa shape index (κ2) is 6.06. The number of likely N-dealkylation sites (N-methyl/N-ethyl adjacent to an activating group) is 1. The van der Waals surface area contributed by atoms with Crippen molar-refractivity contribution in [2.45, 2.75) is 40.2 Å². The summed E-state index contributed by atoms with van der Waals surface area (Å²) in [6, 6.07) is 5.72. The maximum absolute atomic E-state index is 12.2. The SMILES string of the molecule is CCN(CC(C)(C)O)C(=O)Nc1c(C)cccc1C. The first kappa shape index (κ1) is 15.5. The Hall–Kier alpha value is -1.55. The minimum Gasteiger partial charge on any atom is -0.389 e. The largest absolute Gasteiger partial charge is 0.389 e. The molecule has 0 saturated heterocycles. The molecule has 4 heteroatoms. The van der Waals surface area contributed by atoms with E-state index < -0.39 is 5.60 Å². The zero-order valence-electron chi connectivity index (χ0n) is 12.4. The van der Waals surface area contributed by atoms with E-state index in [4.69, 9.17) is 0 Å². The van der Waals surface area contributed by atoms with Crippen molar-refractivity contribution in [1.82, 2.24) is 4.90 Å². The number of aliphatic hydroxyl groups is 1. The number of urea groups is 1. The highest BCUT2D eigenvalue weighted by molar-refractivity contribution is 5.91. The zero-order valence-corrected chi connectivity index (χ0v) is 12.4. The first-order valence-electron chi connectivity index (χ1n) is 6.59. The zero-order chi connectivity index (χ0) is 14.6. The molecule has 0 fully saturated rings.